The van der Waals surface area contributed by atoms with E-state index in [4.69, 9.17) is 5.11 Å². The van der Waals surface area contributed by atoms with E-state index in [9.17, 15) is 14.4 Å². The Morgan fingerprint density at radius 3 is 2.25 bits per heavy atom. The van der Waals surface area contributed by atoms with Gasteiger partial charge >= 0.3 is 5.97 Å². The Balaban J connectivity index is 1.53. The number of nitrogens with zero attached hydrogens (tertiary/aromatic N) is 1. The number of hydrogen-bond acceptors (Lipinski definition) is 3. The topological polar surface area (TPSA) is 74.7 Å². The largest absolute Gasteiger partial charge is 0.481 e. The zero-order valence-corrected chi connectivity index (χ0v) is 11.3. The van der Waals surface area contributed by atoms with Crippen LogP contribution in [0.4, 0.5) is 0 Å². The third kappa shape index (κ3) is 2.05. The summed E-state index contributed by atoms with van der Waals surface area (Å²) >= 11 is 0. The third-order valence-corrected chi connectivity index (χ3v) is 4.83. The molecule has 3 rings (SSSR count). The van der Waals surface area contributed by atoms with Crippen molar-refractivity contribution in [2.45, 2.75) is 32.1 Å². The van der Waals surface area contributed by atoms with Crippen molar-refractivity contribution in [2.75, 3.05) is 6.54 Å². The summed E-state index contributed by atoms with van der Waals surface area (Å²) in [4.78, 5) is 36.5. The zero-order valence-electron chi connectivity index (χ0n) is 11.3. The van der Waals surface area contributed by atoms with Crippen molar-refractivity contribution >= 4 is 17.8 Å². The molecule has 0 radical (unpaired) electrons. The van der Waals surface area contributed by atoms with E-state index in [0.29, 0.717) is 19.4 Å². The van der Waals surface area contributed by atoms with E-state index in [1.54, 1.807) is 0 Å². The van der Waals surface area contributed by atoms with Crippen LogP contribution in [0.15, 0.2) is 12.2 Å². The average molecular weight is 277 g/mol. The smallest absolute Gasteiger partial charge is 0.303 e. The molecule has 1 aliphatic heterocycles. The fraction of sp³-hybridized carbons (Fsp3) is 0.667. The number of hydrogen-bond donors (Lipinski definition) is 1. The Morgan fingerprint density at radius 1 is 1.10 bits per heavy atom. The minimum absolute atomic E-state index is 0.00455. The minimum atomic E-state index is -0.796. The lowest BCUT2D eigenvalue weighted by atomic mass is 9.85. The second kappa shape index (κ2) is 5.04. The standard InChI is InChI=1S/C15H19NO4/c17-11(18)4-2-1-3-7-16-14(19)12-9-5-6-10(8-9)13(12)15(16)20/h5-6,9-10,12-13H,1-4,7-8H2,(H,17,18)/t9-,10-,12-,13-/m1/s1. The Bertz CT molecular complexity index is 454. The third-order valence-electron chi connectivity index (χ3n) is 4.83. The van der Waals surface area contributed by atoms with Crippen LogP contribution in [-0.2, 0) is 14.4 Å². The SMILES string of the molecule is O=C(O)CCCCCN1C(=O)[C@H]2[C@H](C1=O)[C@@H]1C=C[C@@H]2C1. The van der Waals surface area contributed by atoms with Gasteiger partial charge in [-0.2, -0.15) is 0 Å². The van der Waals surface area contributed by atoms with Crippen molar-refractivity contribution in [3.8, 4) is 0 Å². The number of aliphatic carboxylic acids is 1. The number of rotatable bonds is 6. The highest BCUT2D eigenvalue weighted by atomic mass is 16.4. The maximum Gasteiger partial charge on any atom is 0.303 e. The highest BCUT2D eigenvalue weighted by molar-refractivity contribution is 6.06. The van der Waals surface area contributed by atoms with Gasteiger partial charge in [-0.05, 0) is 31.1 Å². The summed E-state index contributed by atoms with van der Waals surface area (Å²) in [6.07, 6.45) is 7.34. The number of imide groups is 1. The molecule has 2 amide bonds. The summed E-state index contributed by atoms with van der Waals surface area (Å²) in [6.45, 7) is 0.448. The Kier molecular flexibility index (Phi) is 3.36. The maximum absolute atomic E-state index is 12.3. The first kappa shape index (κ1) is 13.3. The number of carbonyl (C=O) groups is 3. The van der Waals surface area contributed by atoms with Crippen molar-refractivity contribution in [3.63, 3.8) is 0 Å². The summed E-state index contributed by atoms with van der Waals surface area (Å²) in [7, 11) is 0. The molecule has 0 spiro atoms. The van der Waals surface area contributed by atoms with Gasteiger partial charge in [0.15, 0.2) is 0 Å². The Labute approximate surface area is 117 Å². The van der Waals surface area contributed by atoms with E-state index >= 15 is 0 Å². The van der Waals surface area contributed by atoms with Crippen LogP contribution < -0.4 is 0 Å². The number of carboxylic acid groups (broad SMARTS) is 1. The maximum atomic E-state index is 12.3. The number of fused-ring (bicyclic) bond motifs is 5. The van der Waals surface area contributed by atoms with Crippen molar-refractivity contribution in [1.82, 2.24) is 4.90 Å². The highest BCUT2D eigenvalue weighted by Crippen LogP contribution is 2.52. The van der Waals surface area contributed by atoms with E-state index < -0.39 is 5.97 Å². The van der Waals surface area contributed by atoms with Crippen LogP contribution in [-0.4, -0.2) is 34.3 Å². The number of likely N-dealkylation sites (tertiary alicyclic amines) is 1. The van der Waals surface area contributed by atoms with Gasteiger partial charge in [-0.3, -0.25) is 19.3 Å². The molecule has 2 bridgehead atoms. The zero-order chi connectivity index (χ0) is 14.3. The van der Waals surface area contributed by atoms with Gasteiger partial charge in [-0.25, -0.2) is 0 Å². The van der Waals surface area contributed by atoms with E-state index in [2.05, 4.69) is 12.2 Å². The number of carbonyl (C=O) groups excluding carboxylic acids is 2. The van der Waals surface area contributed by atoms with Gasteiger partial charge in [-0.15, -0.1) is 0 Å². The average Bonchev–Trinajstić information content (AvgIpc) is 3.06. The first-order valence-corrected chi connectivity index (χ1v) is 7.35. The predicted octanol–water partition coefficient (Wildman–Crippen LogP) is 1.44. The van der Waals surface area contributed by atoms with Gasteiger partial charge in [-0.1, -0.05) is 18.6 Å². The number of carboxylic acids is 1. The molecule has 3 aliphatic rings. The molecule has 2 fully saturated rings. The van der Waals surface area contributed by atoms with E-state index in [-0.39, 0.29) is 41.9 Å². The summed E-state index contributed by atoms with van der Waals surface area (Å²) < 4.78 is 0. The highest BCUT2D eigenvalue weighted by Gasteiger charge is 2.58. The Morgan fingerprint density at radius 2 is 1.70 bits per heavy atom. The van der Waals surface area contributed by atoms with Crippen LogP contribution in [0, 0.1) is 23.7 Å². The summed E-state index contributed by atoms with van der Waals surface area (Å²) in [5.74, 6) is -0.509. The monoisotopic (exact) mass is 277 g/mol. The van der Waals surface area contributed by atoms with Gasteiger partial charge in [0.05, 0.1) is 11.8 Å². The van der Waals surface area contributed by atoms with Gasteiger partial charge < -0.3 is 5.11 Å². The molecule has 1 saturated heterocycles. The van der Waals surface area contributed by atoms with Crippen molar-refractivity contribution in [1.29, 1.82) is 0 Å². The summed E-state index contributed by atoms with van der Waals surface area (Å²) in [5.41, 5.74) is 0. The molecule has 108 valence electrons. The molecule has 0 aromatic rings. The molecule has 5 nitrogen and oxygen atoms in total. The molecule has 2 aliphatic carbocycles. The molecular formula is C15H19NO4. The number of amides is 2. The van der Waals surface area contributed by atoms with Gasteiger partial charge in [0.2, 0.25) is 11.8 Å². The number of unbranched alkanes of at least 4 members (excludes halogenated alkanes) is 2. The van der Waals surface area contributed by atoms with Gasteiger partial charge in [0.1, 0.15) is 0 Å². The van der Waals surface area contributed by atoms with Crippen LogP contribution >= 0.6 is 0 Å². The van der Waals surface area contributed by atoms with Crippen LogP contribution in [0.25, 0.3) is 0 Å². The minimum Gasteiger partial charge on any atom is -0.481 e. The Hall–Kier alpha value is -1.65. The van der Waals surface area contributed by atoms with E-state index in [1.165, 1.54) is 4.90 Å². The number of allylic oxidation sites excluding steroid dienone is 2. The molecule has 0 unspecified atom stereocenters. The molecule has 5 heteroatoms. The van der Waals surface area contributed by atoms with Crippen molar-refractivity contribution in [3.05, 3.63) is 12.2 Å². The van der Waals surface area contributed by atoms with Crippen LogP contribution in [0.1, 0.15) is 32.1 Å². The molecule has 0 aromatic heterocycles. The predicted molar refractivity (Wildman–Crippen MR) is 70.5 cm³/mol. The molecule has 1 N–H and O–H groups in total. The lowest BCUT2D eigenvalue weighted by Crippen LogP contribution is -2.33. The van der Waals surface area contributed by atoms with Crippen molar-refractivity contribution < 1.29 is 19.5 Å². The fourth-order valence-corrected chi connectivity index (χ4v) is 3.91. The van der Waals surface area contributed by atoms with Crippen LogP contribution in [0.2, 0.25) is 0 Å². The van der Waals surface area contributed by atoms with Crippen LogP contribution in [0.5, 0.6) is 0 Å². The van der Waals surface area contributed by atoms with E-state index in [0.717, 1.165) is 12.8 Å². The molecule has 1 saturated carbocycles. The normalized spacial score (nSPS) is 34.1. The lowest BCUT2D eigenvalue weighted by Gasteiger charge is -2.16. The first-order valence-electron chi connectivity index (χ1n) is 7.35. The van der Waals surface area contributed by atoms with Crippen molar-refractivity contribution in [2.24, 2.45) is 23.7 Å². The fourth-order valence-electron chi connectivity index (χ4n) is 3.91. The van der Waals surface area contributed by atoms with Gasteiger partial charge in [0.25, 0.3) is 0 Å². The second-order valence-electron chi connectivity index (χ2n) is 6.03. The van der Waals surface area contributed by atoms with Gasteiger partial charge in [0, 0.05) is 13.0 Å². The molecule has 4 atom stereocenters. The first-order chi connectivity index (χ1) is 9.59. The molecule has 1 heterocycles. The summed E-state index contributed by atoms with van der Waals surface area (Å²) in [5, 5.41) is 8.56. The lowest BCUT2D eigenvalue weighted by molar-refractivity contribution is -0.141. The second-order valence-corrected chi connectivity index (χ2v) is 6.03. The van der Waals surface area contributed by atoms with Crippen LogP contribution in [0.3, 0.4) is 0 Å². The summed E-state index contributed by atoms with van der Waals surface area (Å²) in [6, 6.07) is 0. The molecule has 20 heavy (non-hydrogen) atoms. The molecular weight excluding hydrogens is 258 g/mol. The van der Waals surface area contributed by atoms with E-state index in [1.807, 2.05) is 0 Å². The quantitative estimate of drug-likeness (QED) is 0.453. The molecule has 0 aromatic carbocycles.